The van der Waals surface area contributed by atoms with Gasteiger partial charge in [-0.2, -0.15) is 0 Å². The third-order valence-corrected chi connectivity index (χ3v) is 7.28. The molecule has 5 nitrogen and oxygen atoms in total. The molecule has 2 amide bonds. The summed E-state index contributed by atoms with van der Waals surface area (Å²) in [6.45, 7) is 2.89. The minimum Gasteiger partial charge on any atom is -0.319 e. The Labute approximate surface area is 166 Å². The van der Waals surface area contributed by atoms with Crippen LogP contribution < -0.4 is 0 Å². The molecule has 2 aromatic carbocycles. The van der Waals surface area contributed by atoms with E-state index in [2.05, 4.69) is 0 Å². The fourth-order valence-corrected chi connectivity index (χ4v) is 5.58. The summed E-state index contributed by atoms with van der Waals surface area (Å²) in [4.78, 5) is 15.1. The molecular formula is C22H24N2O3S. The highest BCUT2D eigenvalue weighted by Gasteiger charge is 2.46. The van der Waals surface area contributed by atoms with Crippen LogP contribution in [0.2, 0.25) is 0 Å². The van der Waals surface area contributed by atoms with Gasteiger partial charge in [0.25, 0.3) is 10.0 Å². The van der Waals surface area contributed by atoms with Crippen LogP contribution in [0.3, 0.4) is 0 Å². The molecular weight excluding hydrogens is 372 g/mol. The first kappa shape index (κ1) is 18.7. The van der Waals surface area contributed by atoms with Crippen molar-refractivity contribution in [2.24, 2.45) is 5.92 Å². The highest BCUT2D eigenvalue weighted by Crippen LogP contribution is 2.34. The summed E-state index contributed by atoms with van der Waals surface area (Å²) >= 11 is 0. The summed E-state index contributed by atoms with van der Waals surface area (Å²) in [7, 11) is -3.93. The summed E-state index contributed by atoms with van der Waals surface area (Å²) in [5.74, 6) is 0.103. The van der Waals surface area contributed by atoms with E-state index in [9.17, 15) is 13.2 Å². The minimum atomic E-state index is -3.93. The lowest BCUT2D eigenvalue weighted by atomic mass is 9.87. The number of benzene rings is 2. The molecule has 2 atom stereocenters. The molecule has 1 saturated heterocycles. The van der Waals surface area contributed by atoms with Gasteiger partial charge in [0, 0.05) is 19.0 Å². The van der Waals surface area contributed by atoms with Gasteiger partial charge in [-0.1, -0.05) is 60.2 Å². The number of sulfonamides is 1. The van der Waals surface area contributed by atoms with Crippen LogP contribution in [0.4, 0.5) is 4.79 Å². The number of hydrogen-bond acceptors (Lipinski definition) is 3. The molecule has 1 heterocycles. The maximum Gasteiger partial charge on any atom is 0.334 e. The predicted octanol–water partition coefficient (Wildman–Crippen LogP) is 3.96. The Morgan fingerprint density at radius 3 is 2.46 bits per heavy atom. The van der Waals surface area contributed by atoms with Gasteiger partial charge in [-0.05, 0) is 37.5 Å². The summed E-state index contributed by atoms with van der Waals surface area (Å²) in [5, 5.41) is 0. The van der Waals surface area contributed by atoms with Gasteiger partial charge in [0.1, 0.15) is 0 Å². The second kappa shape index (κ2) is 7.43. The van der Waals surface area contributed by atoms with Gasteiger partial charge in [0.15, 0.2) is 0 Å². The van der Waals surface area contributed by atoms with Gasteiger partial charge in [-0.15, -0.1) is 0 Å². The lowest BCUT2D eigenvalue weighted by molar-refractivity contribution is 0.108. The van der Waals surface area contributed by atoms with Crippen molar-refractivity contribution in [1.82, 2.24) is 9.21 Å². The molecule has 0 aromatic heterocycles. The molecule has 1 aliphatic carbocycles. The van der Waals surface area contributed by atoms with E-state index in [0.717, 1.165) is 28.3 Å². The topological polar surface area (TPSA) is 57.7 Å². The van der Waals surface area contributed by atoms with Crippen molar-refractivity contribution in [3.05, 3.63) is 77.9 Å². The maximum absolute atomic E-state index is 13.4. The molecule has 0 bridgehead atoms. The van der Waals surface area contributed by atoms with Crippen molar-refractivity contribution in [3.8, 4) is 0 Å². The van der Waals surface area contributed by atoms with Crippen molar-refractivity contribution in [3.63, 3.8) is 0 Å². The number of fused-ring (bicyclic) bond motifs is 1. The Kier molecular flexibility index (Phi) is 4.98. The number of rotatable bonds is 4. The SMILES string of the molecule is Cc1ccc(S(=O)(=O)N2C(=O)N(Cc3ccccc3)C[C@@H]3CCC=C[C@@H]32)cc1. The van der Waals surface area contributed by atoms with Crippen LogP contribution >= 0.6 is 0 Å². The van der Waals surface area contributed by atoms with E-state index in [1.165, 1.54) is 0 Å². The normalized spacial score (nSPS) is 22.2. The Balaban J connectivity index is 1.71. The van der Waals surface area contributed by atoms with E-state index in [4.69, 9.17) is 0 Å². The van der Waals surface area contributed by atoms with Crippen LogP contribution in [0.25, 0.3) is 0 Å². The number of amides is 2. The van der Waals surface area contributed by atoms with Crippen molar-refractivity contribution in [1.29, 1.82) is 0 Å². The summed E-state index contributed by atoms with van der Waals surface area (Å²) < 4.78 is 27.9. The molecule has 0 radical (unpaired) electrons. The molecule has 146 valence electrons. The average Bonchev–Trinajstić information content (AvgIpc) is 2.69. The molecule has 2 aromatic rings. The molecule has 4 rings (SSSR count). The lowest BCUT2D eigenvalue weighted by Crippen LogP contribution is -2.60. The third kappa shape index (κ3) is 3.44. The molecule has 0 unspecified atom stereocenters. The van der Waals surface area contributed by atoms with E-state index >= 15 is 0 Å². The van der Waals surface area contributed by atoms with Gasteiger partial charge in [-0.3, -0.25) is 0 Å². The van der Waals surface area contributed by atoms with Crippen LogP contribution in [-0.4, -0.2) is 36.2 Å². The first-order chi connectivity index (χ1) is 13.5. The van der Waals surface area contributed by atoms with Gasteiger partial charge in [0.2, 0.25) is 0 Å². The zero-order valence-electron chi connectivity index (χ0n) is 15.9. The Hall–Kier alpha value is -2.60. The number of nitrogens with zero attached hydrogens (tertiary/aromatic N) is 2. The monoisotopic (exact) mass is 396 g/mol. The van der Waals surface area contributed by atoms with Gasteiger partial charge >= 0.3 is 6.03 Å². The summed E-state index contributed by atoms with van der Waals surface area (Å²) in [6.07, 6.45) is 5.66. The zero-order chi connectivity index (χ0) is 19.7. The van der Waals surface area contributed by atoms with E-state index < -0.39 is 22.1 Å². The molecule has 0 spiro atoms. The smallest absolute Gasteiger partial charge is 0.319 e. The van der Waals surface area contributed by atoms with Crippen LogP contribution in [0.5, 0.6) is 0 Å². The first-order valence-corrected chi connectivity index (χ1v) is 11.0. The van der Waals surface area contributed by atoms with Crippen molar-refractivity contribution in [2.75, 3.05) is 6.54 Å². The second-order valence-electron chi connectivity index (χ2n) is 7.52. The maximum atomic E-state index is 13.4. The van der Waals surface area contributed by atoms with Crippen LogP contribution in [0.15, 0.2) is 71.6 Å². The number of allylic oxidation sites excluding steroid dienone is 1. The fourth-order valence-electron chi connectivity index (χ4n) is 3.99. The Morgan fingerprint density at radius 2 is 1.75 bits per heavy atom. The van der Waals surface area contributed by atoms with Crippen molar-refractivity contribution < 1.29 is 13.2 Å². The summed E-state index contributed by atoms with van der Waals surface area (Å²) in [5.41, 5.74) is 1.97. The highest BCUT2D eigenvalue weighted by atomic mass is 32.2. The van der Waals surface area contributed by atoms with Crippen molar-refractivity contribution in [2.45, 2.75) is 37.2 Å². The zero-order valence-corrected chi connectivity index (χ0v) is 16.7. The van der Waals surface area contributed by atoms with Gasteiger partial charge in [-0.25, -0.2) is 17.5 Å². The first-order valence-electron chi connectivity index (χ1n) is 9.57. The Bertz CT molecular complexity index is 984. The van der Waals surface area contributed by atoms with E-state index in [0.29, 0.717) is 13.1 Å². The second-order valence-corrected chi connectivity index (χ2v) is 9.33. The highest BCUT2D eigenvalue weighted by molar-refractivity contribution is 7.89. The van der Waals surface area contributed by atoms with Crippen LogP contribution in [-0.2, 0) is 16.6 Å². The van der Waals surface area contributed by atoms with Gasteiger partial charge < -0.3 is 4.90 Å². The molecule has 1 aliphatic heterocycles. The average molecular weight is 397 g/mol. The van der Waals surface area contributed by atoms with Gasteiger partial charge in [0.05, 0.1) is 10.9 Å². The molecule has 0 saturated carbocycles. The standard InChI is InChI=1S/C22H24N2O3S/c1-17-11-13-20(14-12-17)28(26,27)24-21-10-6-5-9-19(21)16-23(22(24)25)15-18-7-3-2-4-8-18/h2-4,6-8,10-14,19,21H,5,9,15-16H2,1H3/t19-,21-/m0/s1. The molecule has 28 heavy (non-hydrogen) atoms. The fraction of sp³-hybridized carbons (Fsp3) is 0.318. The largest absolute Gasteiger partial charge is 0.334 e. The molecule has 0 N–H and O–H groups in total. The predicted molar refractivity (Wildman–Crippen MR) is 108 cm³/mol. The number of carbonyl (C=O) groups excluding carboxylic acids is 1. The van der Waals surface area contributed by atoms with Crippen LogP contribution in [0, 0.1) is 12.8 Å². The quantitative estimate of drug-likeness (QED) is 0.735. The van der Waals surface area contributed by atoms with Crippen molar-refractivity contribution >= 4 is 16.1 Å². The molecule has 2 aliphatic rings. The molecule has 1 fully saturated rings. The van der Waals surface area contributed by atoms with E-state index in [1.807, 2.05) is 49.4 Å². The van der Waals surface area contributed by atoms with E-state index in [-0.39, 0.29) is 10.8 Å². The number of urea groups is 1. The lowest BCUT2D eigenvalue weighted by Gasteiger charge is -2.45. The number of carbonyl (C=O) groups is 1. The molecule has 6 heteroatoms. The Morgan fingerprint density at radius 1 is 1.04 bits per heavy atom. The summed E-state index contributed by atoms with van der Waals surface area (Å²) in [6, 6.07) is 15.5. The van der Waals surface area contributed by atoms with Crippen LogP contribution in [0.1, 0.15) is 24.0 Å². The van der Waals surface area contributed by atoms with E-state index in [1.54, 1.807) is 29.2 Å². The number of aryl methyl sites for hydroxylation is 1. The third-order valence-electron chi connectivity index (χ3n) is 5.50. The minimum absolute atomic E-state index is 0.103. The number of hydrogen-bond donors (Lipinski definition) is 0.